The van der Waals surface area contributed by atoms with E-state index in [1.807, 2.05) is 68.4 Å². The number of benzene rings is 3. The number of nitrogens with zero attached hydrogens (tertiary/aromatic N) is 3. The molecule has 188 valence electrons. The van der Waals surface area contributed by atoms with Gasteiger partial charge < -0.3 is 14.6 Å². The van der Waals surface area contributed by atoms with E-state index in [4.69, 9.17) is 14.2 Å². The fourth-order valence-electron chi connectivity index (χ4n) is 4.59. The summed E-state index contributed by atoms with van der Waals surface area (Å²) in [5, 5.41) is 7.46. The molecular weight excluding hydrogens is 464 g/mol. The number of urea groups is 1. The summed E-state index contributed by atoms with van der Waals surface area (Å²) in [5.41, 5.74) is 7.82. The van der Waals surface area contributed by atoms with Gasteiger partial charge in [0.25, 0.3) is 5.89 Å². The Kier molecular flexibility index (Phi) is 6.53. The number of carbonyl (C=O) groups excluding carboxylic acids is 1. The number of methoxy groups -OCH3 is 1. The van der Waals surface area contributed by atoms with Crippen molar-refractivity contribution in [3.8, 4) is 17.1 Å². The maximum atomic E-state index is 13.4. The quantitative estimate of drug-likeness (QED) is 0.337. The number of hydrogen-bond acceptors (Lipinski definition) is 5. The Bertz CT molecular complexity index is 1490. The van der Waals surface area contributed by atoms with Gasteiger partial charge in [0.05, 0.1) is 25.3 Å². The summed E-state index contributed by atoms with van der Waals surface area (Å²) in [6.07, 6.45) is 0. The van der Waals surface area contributed by atoms with E-state index in [1.54, 1.807) is 12.0 Å². The second-order valence-corrected chi connectivity index (χ2v) is 9.45. The van der Waals surface area contributed by atoms with Gasteiger partial charge in [0.15, 0.2) is 0 Å². The van der Waals surface area contributed by atoms with Crippen LogP contribution in [0.1, 0.15) is 46.7 Å². The van der Waals surface area contributed by atoms with Gasteiger partial charge in [-0.1, -0.05) is 59.3 Å². The van der Waals surface area contributed by atoms with Crippen molar-refractivity contribution in [2.45, 2.75) is 40.3 Å². The summed E-state index contributed by atoms with van der Waals surface area (Å²) < 4.78 is 11.1. The first kappa shape index (κ1) is 24.3. The van der Waals surface area contributed by atoms with Crippen LogP contribution in [0.5, 0.6) is 5.75 Å². The largest absolute Gasteiger partial charge is 0.497 e. The summed E-state index contributed by atoms with van der Waals surface area (Å²) >= 11 is 0. The standard InChI is InChI=1S/C30H30N4O3/c1-18-7-6-8-24(15-18)28-32-29(37-33-28)26-21(4)34(17-22-10-13-25(36-5)14-11-22)30(35)31-27(26)23-12-9-19(2)20(3)16-23/h6-16,27H,17H2,1-5H3,(H,31,35). The summed E-state index contributed by atoms with van der Waals surface area (Å²) in [7, 11) is 1.63. The molecule has 1 N–H and O–H groups in total. The predicted molar refractivity (Wildman–Crippen MR) is 143 cm³/mol. The summed E-state index contributed by atoms with van der Waals surface area (Å²) in [6, 6.07) is 21.3. The molecule has 7 nitrogen and oxygen atoms in total. The predicted octanol–water partition coefficient (Wildman–Crippen LogP) is 6.37. The topological polar surface area (TPSA) is 80.5 Å². The van der Waals surface area contributed by atoms with Crippen LogP contribution in [0.4, 0.5) is 4.79 Å². The van der Waals surface area contributed by atoms with Crippen molar-refractivity contribution in [2.24, 2.45) is 0 Å². The number of allylic oxidation sites excluding steroid dienone is 1. The minimum atomic E-state index is -0.426. The van der Waals surface area contributed by atoms with Crippen molar-refractivity contribution in [3.05, 3.63) is 106 Å². The highest BCUT2D eigenvalue weighted by Gasteiger charge is 2.36. The minimum absolute atomic E-state index is 0.182. The zero-order chi connectivity index (χ0) is 26.1. The molecule has 0 fully saturated rings. The Hall–Kier alpha value is -4.39. The summed E-state index contributed by atoms with van der Waals surface area (Å²) in [5.74, 6) is 1.66. The van der Waals surface area contributed by atoms with Gasteiger partial charge in [-0.25, -0.2) is 4.79 Å². The highest BCUT2D eigenvalue weighted by Crippen LogP contribution is 2.38. The molecule has 1 unspecified atom stereocenters. The molecule has 0 saturated carbocycles. The maximum Gasteiger partial charge on any atom is 0.322 e. The Morgan fingerprint density at radius 2 is 1.76 bits per heavy atom. The molecule has 37 heavy (non-hydrogen) atoms. The molecule has 0 aliphatic carbocycles. The van der Waals surface area contributed by atoms with Crippen molar-refractivity contribution in [2.75, 3.05) is 7.11 Å². The van der Waals surface area contributed by atoms with Crippen molar-refractivity contribution >= 4 is 11.6 Å². The van der Waals surface area contributed by atoms with E-state index in [9.17, 15) is 4.79 Å². The molecule has 0 bridgehead atoms. The van der Waals surface area contributed by atoms with Gasteiger partial charge in [-0.15, -0.1) is 0 Å². The van der Waals surface area contributed by atoms with E-state index in [1.165, 1.54) is 5.56 Å². The minimum Gasteiger partial charge on any atom is -0.497 e. The SMILES string of the molecule is COc1ccc(CN2C(=O)NC(c3ccc(C)c(C)c3)C(c3nc(-c4cccc(C)c4)no3)=C2C)cc1. The van der Waals surface area contributed by atoms with E-state index >= 15 is 0 Å². The second-order valence-electron chi connectivity index (χ2n) is 9.45. The van der Waals surface area contributed by atoms with Crippen molar-refractivity contribution in [1.29, 1.82) is 0 Å². The van der Waals surface area contributed by atoms with Crippen molar-refractivity contribution < 1.29 is 14.1 Å². The molecule has 2 heterocycles. The van der Waals surface area contributed by atoms with Crippen LogP contribution in [-0.2, 0) is 6.54 Å². The number of amides is 2. The number of rotatable bonds is 6. The lowest BCUT2D eigenvalue weighted by Crippen LogP contribution is -2.45. The third-order valence-electron chi connectivity index (χ3n) is 6.89. The summed E-state index contributed by atoms with van der Waals surface area (Å²) in [4.78, 5) is 19.9. The molecule has 0 saturated heterocycles. The fourth-order valence-corrected chi connectivity index (χ4v) is 4.59. The molecule has 0 radical (unpaired) electrons. The number of hydrogen-bond donors (Lipinski definition) is 1. The van der Waals surface area contributed by atoms with E-state index in [-0.39, 0.29) is 6.03 Å². The summed E-state index contributed by atoms with van der Waals surface area (Å²) in [6.45, 7) is 8.49. The van der Waals surface area contributed by atoms with Crippen LogP contribution >= 0.6 is 0 Å². The third-order valence-corrected chi connectivity index (χ3v) is 6.89. The van der Waals surface area contributed by atoms with Crippen LogP contribution in [0.25, 0.3) is 17.0 Å². The lowest BCUT2D eigenvalue weighted by molar-refractivity contribution is 0.203. The number of aromatic nitrogens is 2. The lowest BCUT2D eigenvalue weighted by atomic mass is 9.92. The molecule has 4 aromatic rings. The molecule has 1 aromatic heterocycles. The number of nitrogens with one attached hydrogen (secondary N) is 1. The number of aryl methyl sites for hydroxylation is 3. The van der Waals surface area contributed by atoms with Crippen LogP contribution < -0.4 is 10.1 Å². The Labute approximate surface area is 216 Å². The molecule has 1 aliphatic heterocycles. The van der Waals surface area contributed by atoms with Crippen LogP contribution in [0.2, 0.25) is 0 Å². The Balaban J connectivity index is 1.59. The molecule has 2 amide bonds. The number of ether oxygens (including phenoxy) is 1. The van der Waals surface area contributed by atoms with Gasteiger partial charge in [0.1, 0.15) is 5.75 Å². The average molecular weight is 495 g/mol. The van der Waals surface area contributed by atoms with Gasteiger partial charge in [0, 0.05) is 11.3 Å². The van der Waals surface area contributed by atoms with Crippen LogP contribution in [0, 0.1) is 20.8 Å². The van der Waals surface area contributed by atoms with E-state index in [0.717, 1.165) is 44.8 Å². The van der Waals surface area contributed by atoms with Crippen molar-refractivity contribution in [3.63, 3.8) is 0 Å². The van der Waals surface area contributed by atoms with Crippen molar-refractivity contribution in [1.82, 2.24) is 20.4 Å². The van der Waals surface area contributed by atoms with Crippen LogP contribution in [-0.4, -0.2) is 28.2 Å². The smallest absolute Gasteiger partial charge is 0.322 e. The molecule has 5 rings (SSSR count). The van der Waals surface area contributed by atoms with Gasteiger partial charge in [-0.05, 0) is 68.1 Å². The molecule has 1 atom stereocenters. The van der Waals surface area contributed by atoms with E-state index < -0.39 is 6.04 Å². The molecule has 0 spiro atoms. The highest BCUT2D eigenvalue weighted by atomic mass is 16.5. The number of carbonyl (C=O) groups is 1. The average Bonchev–Trinajstić information content (AvgIpc) is 3.38. The molecule has 7 heteroatoms. The zero-order valence-corrected chi connectivity index (χ0v) is 21.7. The Morgan fingerprint density at radius 1 is 0.973 bits per heavy atom. The first-order valence-electron chi connectivity index (χ1n) is 12.2. The van der Waals surface area contributed by atoms with E-state index in [0.29, 0.717) is 18.3 Å². The first-order valence-corrected chi connectivity index (χ1v) is 12.2. The third kappa shape index (κ3) is 4.85. The van der Waals surface area contributed by atoms with Crippen LogP contribution in [0.15, 0.2) is 77.0 Å². The van der Waals surface area contributed by atoms with Gasteiger partial charge in [0.2, 0.25) is 5.82 Å². The van der Waals surface area contributed by atoms with Gasteiger partial charge in [-0.2, -0.15) is 4.98 Å². The lowest BCUT2D eigenvalue weighted by Gasteiger charge is -2.35. The maximum absolute atomic E-state index is 13.4. The Morgan fingerprint density at radius 3 is 2.46 bits per heavy atom. The van der Waals surface area contributed by atoms with E-state index in [2.05, 4.69) is 36.5 Å². The van der Waals surface area contributed by atoms with Gasteiger partial charge >= 0.3 is 6.03 Å². The highest BCUT2D eigenvalue weighted by molar-refractivity contribution is 5.87. The fraction of sp³-hybridized carbons (Fsp3) is 0.233. The molecular formula is C30H30N4O3. The monoisotopic (exact) mass is 494 g/mol. The zero-order valence-electron chi connectivity index (χ0n) is 21.7. The van der Waals surface area contributed by atoms with Crippen LogP contribution in [0.3, 0.4) is 0 Å². The first-order chi connectivity index (χ1) is 17.8. The second kappa shape index (κ2) is 9.93. The molecule has 1 aliphatic rings. The van der Waals surface area contributed by atoms with Gasteiger partial charge in [-0.3, -0.25) is 4.90 Å². The normalized spacial score (nSPS) is 15.6. The molecule has 3 aromatic carbocycles.